The summed E-state index contributed by atoms with van der Waals surface area (Å²) in [5, 5.41) is 3.26. The summed E-state index contributed by atoms with van der Waals surface area (Å²) >= 11 is 0. The Bertz CT molecular complexity index is 749. The first-order valence-electron chi connectivity index (χ1n) is 8.39. The van der Waals surface area contributed by atoms with E-state index in [-0.39, 0.29) is 0 Å². The van der Waals surface area contributed by atoms with Crippen LogP contribution in [-0.2, 0) is 9.47 Å². The molecule has 0 fully saturated rings. The van der Waals surface area contributed by atoms with Crippen molar-refractivity contribution in [1.29, 1.82) is 0 Å². The largest absolute Gasteiger partial charge is 0.495 e. The number of ether oxygens (including phenoxy) is 2. The predicted molar refractivity (Wildman–Crippen MR) is 106 cm³/mol. The number of rotatable bonds is 8. The van der Waals surface area contributed by atoms with Crippen molar-refractivity contribution in [2.45, 2.75) is 20.3 Å². The van der Waals surface area contributed by atoms with Crippen LogP contribution >= 0.6 is 0 Å². The first kappa shape index (κ1) is 21.2. The Morgan fingerprint density at radius 2 is 2.15 bits per heavy atom. The van der Waals surface area contributed by atoms with Crippen molar-refractivity contribution in [1.82, 2.24) is 14.4 Å². The van der Waals surface area contributed by atoms with E-state index in [1.54, 1.807) is 38.6 Å². The second-order valence-corrected chi connectivity index (χ2v) is 5.36. The number of fused-ring (bicyclic) bond motifs is 1. The van der Waals surface area contributed by atoms with Crippen molar-refractivity contribution in [3.05, 3.63) is 60.5 Å². The lowest BCUT2D eigenvalue weighted by molar-refractivity contribution is 0.198. The molecular formula is C19H29N5O2. The summed E-state index contributed by atoms with van der Waals surface area (Å²) in [5.74, 6) is 1.48. The maximum atomic E-state index is 5.53. The fraction of sp³-hybridized carbons (Fsp3) is 0.368. The van der Waals surface area contributed by atoms with Crippen LogP contribution in [0.4, 0.5) is 5.82 Å². The van der Waals surface area contributed by atoms with Gasteiger partial charge in [0.15, 0.2) is 11.5 Å². The van der Waals surface area contributed by atoms with Crippen LogP contribution in [0.15, 0.2) is 54.9 Å². The third-order valence-corrected chi connectivity index (χ3v) is 3.52. The van der Waals surface area contributed by atoms with E-state index < -0.39 is 0 Å². The molecule has 0 atom stereocenters. The number of hydrogen-bond donors (Lipinski definition) is 2. The number of nitrogens with zero attached hydrogens (tertiary/aromatic N) is 3. The van der Waals surface area contributed by atoms with Gasteiger partial charge >= 0.3 is 0 Å². The molecular weight excluding hydrogens is 330 g/mol. The molecule has 0 spiro atoms. The molecule has 2 rings (SSSR count). The van der Waals surface area contributed by atoms with Gasteiger partial charge in [-0.05, 0) is 26.3 Å². The van der Waals surface area contributed by atoms with Gasteiger partial charge in [-0.1, -0.05) is 18.7 Å². The number of nitrogens with one attached hydrogen (secondary N) is 1. The van der Waals surface area contributed by atoms with Crippen molar-refractivity contribution in [2.75, 3.05) is 32.7 Å². The van der Waals surface area contributed by atoms with Gasteiger partial charge in [-0.15, -0.1) is 0 Å². The van der Waals surface area contributed by atoms with E-state index in [2.05, 4.69) is 21.9 Å². The van der Waals surface area contributed by atoms with Crippen LogP contribution < -0.4 is 11.1 Å². The second-order valence-electron chi connectivity index (χ2n) is 5.36. The van der Waals surface area contributed by atoms with Crippen LogP contribution in [0.25, 0.3) is 5.65 Å². The van der Waals surface area contributed by atoms with Crippen LogP contribution in [0, 0.1) is 6.92 Å². The number of nitrogens with two attached hydrogens (primary N) is 1. The quantitative estimate of drug-likeness (QED) is 0.428. The van der Waals surface area contributed by atoms with E-state index in [0.717, 1.165) is 36.7 Å². The molecule has 0 aliphatic carbocycles. The number of hydrogen-bond acceptors (Lipinski definition) is 6. The molecule has 0 saturated carbocycles. The minimum absolute atomic E-state index is 0.627. The third kappa shape index (κ3) is 6.25. The molecule has 0 aliphatic rings. The average Bonchev–Trinajstić information content (AvgIpc) is 3.05. The van der Waals surface area contributed by atoms with Gasteiger partial charge in [0.25, 0.3) is 0 Å². The summed E-state index contributed by atoms with van der Waals surface area (Å²) in [7, 11) is 3.28. The Balaban J connectivity index is 0.000000294. The maximum absolute atomic E-state index is 5.53. The fourth-order valence-corrected chi connectivity index (χ4v) is 2.12. The molecule has 0 aliphatic heterocycles. The van der Waals surface area contributed by atoms with Gasteiger partial charge in [0, 0.05) is 44.5 Å². The molecule has 2 heterocycles. The Hall–Kier alpha value is -2.80. The number of imidazole rings is 1. The molecule has 0 saturated heterocycles. The number of anilines is 1. The highest BCUT2D eigenvalue weighted by atomic mass is 16.5. The Labute approximate surface area is 155 Å². The van der Waals surface area contributed by atoms with Crippen molar-refractivity contribution in [3.63, 3.8) is 0 Å². The molecule has 2 aromatic rings. The highest BCUT2D eigenvalue weighted by molar-refractivity contribution is 5.62. The molecule has 0 unspecified atom stereocenters. The first-order valence-corrected chi connectivity index (χ1v) is 8.39. The normalized spacial score (nSPS) is 11.7. The Morgan fingerprint density at radius 3 is 2.77 bits per heavy atom. The van der Waals surface area contributed by atoms with Crippen molar-refractivity contribution in [3.8, 4) is 0 Å². The van der Waals surface area contributed by atoms with Gasteiger partial charge in [-0.2, -0.15) is 0 Å². The summed E-state index contributed by atoms with van der Waals surface area (Å²) in [6, 6.07) is 0. The number of methoxy groups -OCH3 is 2. The Morgan fingerprint density at radius 1 is 1.38 bits per heavy atom. The molecule has 26 heavy (non-hydrogen) atoms. The standard InChI is InChI=1S/C11H16N4O.C8H13NO/c1-9-8-14-11-10(12-4-3-7-16-2)13-5-6-15(9)11;1-4-6-8(10-3)7(9)5-2/h5-6,8H,3-4,7H2,1-2H3,(H,12,13);4-6H,1,9H2,2-3H3/b;7-5+,8-6+. The van der Waals surface area contributed by atoms with Gasteiger partial charge in [-0.25, -0.2) is 9.97 Å². The lowest BCUT2D eigenvalue weighted by atomic mass is 10.3. The van der Waals surface area contributed by atoms with Crippen molar-refractivity contribution < 1.29 is 9.47 Å². The lowest BCUT2D eigenvalue weighted by Gasteiger charge is -2.06. The molecule has 2 aromatic heterocycles. The Kier molecular flexibility index (Phi) is 9.56. The van der Waals surface area contributed by atoms with Crippen molar-refractivity contribution in [2.24, 2.45) is 5.73 Å². The molecule has 142 valence electrons. The van der Waals surface area contributed by atoms with Gasteiger partial charge in [-0.3, -0.25) is 4.40 Å². The summed E-state index contributed by atoms with van der Waals surface area (Å²) in [4.78, 5) is 8.61. The molecule has 0 amide bonds. The SMILES string of the molecule is C=C/C=C(OC)\C(N)=C/C.COCCCNc1nccn2c(C)cnc12. The maximum Gasteiger partial charge on any atom is 0.180 e. The second kappa shape index (κ2) is 11.7. The highest BCUT2D eigenvalue weighted by Crippen LogP contribution is 2.13. The van der Waals surface area contributed by atoms with Crippen LogP contribution in [0.2, 0.25) is 0 Å². The van der Waals surface area contributed by atoms with E-state index in [0.29, 0.717) is 11.5 Å². The minimum Gasteiger partial charge on any atom is -0.495 e. The number of aromatic nitrogens is 3. The van der Waals surface area contributed by atoms with E-state index in [4.69, 9.17) is 15.2 Å². The number of aryl methyl sites for hydroxylation is 1. The molecule has 0 radical (unpaired) electrons. The van der Waals surface area contributed by atoms with Crippen LogP contribution in [-0.4, -0.2) is 41.7 Å². The first-order chi connectivity index (χ1) is 12.6. The third-order valence-electron chi connectivity index (χ3n) is 3.52. The number of allylic oxidation sites excluding steroid dienone is 3. The van der Waals surface area contributed by atoms with Crippen LogP contribution in [0.3, 0.4) is 0 Å². The molecule has 0 bridgehead atoms. The zero-order chi connectivity index (χ0) is 19.4. The van der Waals surface area contributed by atoms with Crippen LogP contribution in [0.5, 0.6) is 0 Å². The van der Waals surface area contributed by atoms with Gasteiger partial charge in [0.1, 0.15) is 5.76 Å². The minimum atomic E-state index is 0.627. The predicted octanol–water partition coefficient (Wildman–Crippen LogP) is 3.05. The van der Waals surface area contributed by atoms with E-state index in [9.17, 15) is 0 Å². The molecule has 7 nitrogen and oxygen atoms in total. The zero-order valence-corrected chi connectivity index (χ0v) is 16.0. The topological polar surface area (TPSA) is 86.7 Å². The van der Waals surface area contributed by atoms with Gasteiger partial charge < -0.3 is 20.5 Å². The average molecular weight is 359 g/mol. The summed E-state index contributed by atoms with van der Waals surface area (Å²) in [6.07, 6.45) is 11.6. The monoisotopic (exact) mass is 359 g/mol. The summed E-state index contributed by atoms with van der Waals surface area (Å²) < 4.78 is 11.9. The van der Waals surface area contributed by atoms with Gasteiger partial charge in [0.05, 0.1) is 12.8 Å². The lowest BCUT2D eigenvalue weighted by Crippen LogP contribution is -2.07. The summed E-state index contributed by atoms with van der Waals surface area (Å²) in [6.45, 7) is 8.99. The van der Waals surface area contributed by atoms with E-state index >= 15 is 0 Å². The van der Waals surface area contributed by atoms with E-state index in [1.165, 1.54) is 0 Å². The van der Waals surface area contributed by atoms with Crippen molar-refractivity contribution >= 4 is 11.5 Å². The fourth-order valence-electron chi connectivity index (χ4n) is 2.12. The zero-order valence-electron chi connectivity index (χ0n) is 16.0. The molecule has 7 heteroatoms. The summed E-state index contributed by atoms with van der Waals surface area (Å²) in [5.41, 5.74) is 8.14. The molecule has 0 aromatic carbocycles. The van der Waals surface area contributed by atoms with Gasteiger partial charge in [0.2, 0.25) is 0 Å². The smallest absolute Gasteiger partial charge is 0.180 e. The van der Waals surface area contributed by atoms with Crippen LogP contribution in [0.1, 0.15) is 19.0 Å². The highest BCUT2D eigenvalue weighted by Gasteiger charge is 2.04. The molecule has 3 N–H and O–H groups in total. The van der Waals surface area contributed by atoms with E-state index in [1.807, 2.05) is 30.6 Å².